The third kappa shape index (κ3) is 3.07. The van der Waals surface area contributed by atoms with Crippen molar-refractivity contribution >= 4 is 23.5 Å². The van der Waals surface area contributed by atoms with Crippen molar-refractivity contribution in [3.05, 3.63) is 34.3 Å². The second-order valence-corrected chi connectivity index (χ2v) is 5.32. The average Bonchev–Trinajstić information content (AvgIpc) is 2.38. The summed E-state index contributed by atoms with van der Waals surface area (Å²) in [7, 11) is 0. The summed E-state index contributed by atoms with van der Waals surface area (Å²) in [6, 6.07) is 5.12. The molecule has 1 N–H and O–H groups in total. The minimum absolute atomic E-state index is 0.111. The van der Waals surface area contributed by atoms with Gasteiger partial charge in [0.1, 0.15) is 0 Å². The van der Waals surface area contributed by atoms with Crippen molar-refractivity contribution < 1.29 is 14.7 Å². The van der Waals surface area contributed by atoms with E-state index in [0.717, 1.165) is 12.0 Å². The predicted molar refractivity (Wildman–Crippen MR) is 72.5 cm³/mol. The Bertz CT molecular complexity index is 515. The number of carboxylic acid groups (broad SMARTS) is 1. The average molecular weight is 282 g/mol. The lowest BCUT2D eigenvalue weighted by Gasteiger charge is -2.31. The molecule has 0 unspecified atom stereocenters. The molecule has 2 rings (SSSR count). The lowest BCUT2D eigenvalue weighted by Crippen LogP contribution is -2.42. The lowest BCUT2D eigenvalue weighted by atomic mass is 9.97. The zero-order valence-electron chi connectivity index (χ0n) is 10.7. The van der Waals surface area contributed by atoms with Crippen LogP contribution < -0.4 is 0 Å². The molecule has 0 spiro atoms. The molecule has 1 saturated heterocycles. The van der Waals surface area contributed by atoms with E-state index < -0.39 is 11.9 Å². The normalized spacial score (nSPS) is 19.3. The number of carboxylic acids is 1. The first-order valence-electron chi connectivity index (χ1n) is 6.27. The molecule has 0 aliphatic carbocycles. The van der Waals surface area contributed by atoms with Crippen LogP contribution in [0.15, 0.2) is 18.2 Å². The summed E-state index contributed by atoms with van der Waals surface area (Å²) < 4.78 is 0. The van der Waals surface area contributed by atoms with Gasteiger partial charge in [-0.2, -0.15) is 0 Å². The first-order chi connectivity index (χ1) is 8.99. The van der Waals surface area contributed by atoms with Gasteiger partial charge in [-0.15, -0.1) is 0 Å². The molecule has 1 fully saturated rings. The minimum Gasteiger partial charge on any atom is -0.481 e. The molecule has 5 heteroatoms. The third-order valence-electron chi connectivity index (χ3n) is 3.48. The van der Waals surface area contributed by atoms with Crippen LogP contribution in [-0.2, 0) is 4.79 Å². The van der Waals surface area contributed by atoms with Gasteiger partial charge >= 0.3 is 5.97 Å². The second-order valence-electron chi connectivity index (χ2n) is 4.89. The Morgan fingerprint density at radius 2 is 2.16 bits per heavy atom. The van der Waals surface area contributed by atoms with Crippen molar-refractivity contribution in [2.24, 2.45) is 5.92 Å². The highest BCUT2D eigenvalue weighted by molar-refractivity contribution is 6.30. The fraction of sp³-hybridized carbons (Fsp3) is 0.429. The Morgan fingerprint density at radius 1 is 1.42 bits per heavy atom. The zero-order chi connectivity index (χ0) is 14.0. The van der Waals surface area contributed by atoms with Crippen molar-refractivity contribution in [2.75, 3.05) is 13.1 Å². The van der Waals surface area contributed by atoms with E-state index in [9.17, 15) is 9.59 Å². The topological polar surface area (TPSA) is 57.6 Å². The molecule has 0 saturated carbocycles. The first-order valence-corrected chi connectivity index (χ1v) is 6.65. The molecule has 1 heterocycles. The van der Waals surface area contributed by atoms with Crippen LogP contribution in [0.3, 0.4) is 0 Å². The summed E-state index contributed by atoms with van der Waals surface area (Å²) in [6.07, 6.45) is 1.37. The van der Waals surface area contributed by atoms with Gasteiger partial charge in [-0.1, -0.05) is 11.6 Å². The van der Waals surface area contributed by atoms with Crippen LogP contribution in [-0.4, -0.2) is 35.0 Å². The number of aryl methyl sites for hydroxylation is 1. The molecule has 0 aromatic heterocycles. The summed E-state index contributed by atoms with van der Waals surface area (Å²) in [4.78, 5) is 25.0. The number of hydrogen-bond donors (Lipinski definition) is 1. The molecule has 4 nitrogen and oxygen atoms in total. The van der Waals surface area contributed by atoms with Gasteiger partial charge in [0.05, 0.1) is 5.92 Å². The molecular formula is C14H16ClNO3. The fourth-order valence-corrected chi connectivity index (χ4v) is 2.63. The van der Waals surface area contributed by atoms with Crippen LogP contribution in [0, 0.1) is 12.8 Å². The Morgan fingerprint density at radius 3 is 2.79 bits per heavy atom. The molecule has 102 valence electrons. The molecule has 1 aliphatic heterocycles. The first kappa shape index (κ1) is 13.9. The van der Waals surface area contributed by atoms with Crippen LogP contribution in [0.4, 0.5) is 0 Å². The highest BCUT2D eigenvalue weighted by Crippen LogP contribution is 2.21. The van der Waals surface area contributed by atoms with Gasteiger partial charge in [0, 0.05) is 23.7 Å². The quantitative estimate of drug-likeness (QED) is 0.906. The van der Waals surface area contributed by atoms with E-state index in [4.69, 9.17) is 16.7 Å². The van der Waals surface area contributed by atoms with E-state index in [0.29, 0.717) is 23.6 Å². The Labute approximate surface area is 117 Å². The summed E-state index contributed by atoms with van der Waals surface area (Å²) in [6.45, 7) is 2.73. The van der Waals surface area contributed by atoms with Crippen LogP contribution >= 0.6 is 11.6 Å². The summed E-state index contributed by atoms with van der Waals surface area (Å²) in [5, 5.41) is 9.64. The number of rotatable bonds is 2. The fourth-order valence-electron chi connectivity index (χ4n) is 2.40. The number of benzene rings is 1. The predicted octanol–water partition coefficient (Wildman–Crippen LogP) is 2.59. The van der Waals surface area contributed by atoms with Crippen LogP contribution in [0.5, 0.6) is 0 Å². The van der Waals surface area contributed by atoms with Crippen LogP contribution in [0.25, 0.3) is 0 Å². The van der Waals surface area contributed by atoms with Crippen molar-refractivity contribution in [3.63, 3.8) is 0 Å². The maximum atomic E-state index is 12.4. The van der Waals surface area contributed by atoms with E-state index in [1.165, 1.54) is 0 Å². The van der Waals surface area contributed by atoms with Gasteiger partial charge in [0.2, 0.25) is 0 Å². The Kier molecular flexibility index (Phi) is 4.10. The van der Waals surface area contributed by atoms with Crippen LogP contribution in [0.1, 0.15) is 28.8 Å². The number of halogens is 1. The zero-order valence-corrected chi connectivity index (χ0v) is 11.5. The molecule has 19 heavy (non-hydrogen) atoms. The molecule has 1 aromatic carbocycles. The van der Waals surface area contributed by atoms with E-state index >= 15 is 0 Å². The molecule has 1 aliphatic rings. The van der Waals surface area contributed by atoms with E-state index in [2.05, 4.69) is 0 Å². The summed E-state index contributed by atoms with van der Waals surface area (Å²) in [5.41, 5.74) is 1.41. The number of carbonyl (C=O) groups excluding carboxylic acids is 1. The lowest BCUT2D eigenvalue weighted by molar-refractivity contribution is -0.143. The van der Waals surface area contributed by atoms with Gasteiger partial charge in [-0.05, 0) is 43.5 Å². The van der Waals surface area contributed by atoms with E-state index in [1.54, 1.807) is 23.1 Å². The van der Waals surface area contributed by atoms with Gasteiger partial charge in [-0.25, -0.2) is 0 Å². The summed E-state index contributed by atoms with van der Waals surface area (Å²) >= 11 is 5.87. The number of amides is 1. The Balaban J connectivity index is 2.17. The summed E-state index contributed by atoms with van der Waals surface area (Å²) in [5.74, 6) is -1.39. The largest absolute Gasteiger partial charge is 0.481 e. The van der Waals surface area contributed by atoms with Crippen LogP contribution in [0.2, 0.25) is 5.02 Å². The Hall–Kier alpha value is -1.55. The van der Waals surface area contributed by atoms with Crippen molar-refractivity contribution in [1.82, 2.24) is 4.90 Å². The van der Waals surface area contributed by atoms with E-state index in [-0.39, 0.29) is 12.5 Å². The number of carbonyl (C=O) groups is 2. The SMILES string of the molecule is Cc1cc(Cl)ccc1C(=O)N1CCC[C@@H](C(=O)O)C1. The van der Waals surface area contributed by atoms with Crippen molar-refractivity contribution in [3.8, 4) is 0 Å². The molecule has 0 radical (unpaired) electrons. The standard InChI is InChI=1S/C14H16ClNO3/c1-9-7-11(15)4-5-12(9)13(17)16-6-2-3-10(8-16)14(18)19/h4-5,7,10H,2-3,6,8H2,1H3,(H,18,19)/t10-/m1/s1. The molecule has 1 amide bonds. The number of piperidine rings is 1. The highest BCUT2D eigenvalue weighted by atomic mass is 35.5. The highest BCUT2D eigenvalue weighted by Gasteiger charge is 2.29. The number of hydrogen-bond acceptors (Lipinski definition) is 2. The smallest absolute Gasteiger partial charge is 0.308 e. The third-order valence-corrected chi connectivity index (χ3v) is 3.71. The number of likely N-dealkylation sites (tertiary alicyclic amines) is 1. The molecule has 0 bridgehead atoms. The van der Waals surface area contributed by atoms with Gasteiger partial charge in [0.15, 0.2) is 0 Å². The monoisotopic (exact) mass is 281 g/mol. The maximum Gasteiger partial charge on any atom is 0.308 e. The van der Waals surface area contributed by atoms with Crippen molar-refractivity contribution in [1.29, 1.82) is 0 Å². The maximum absolute atomic E-state index is 12.4. The van der Waals surface area contributed by atoms with E-state index in [1.807, 2.05) is 6.92 Å². The number of aliphatic carboxylic acids is 1. The number of nitrogens with zero attached hydrogens (tertiary/aromatic N) is 1. The minimum atomic E-state index is -0.828. The van der Waals surface area contributed by atoms with Gasteiger partial charge in [-0.3, -0.25) is 9.59 Å². The molecule has 1 atom stereocenters. The molecular weight excluding hydrogens is 266 g/mol. The van der Waals surface area contributed by atoms with Crippen molar-refractivity contribution in [2.45, 2.75) is 19.8 Å². The van der Waals surface area contributed by atoms with Gasteiger partial charge in [0.25, 0.3) is 5.91 Å². The molecule has 1 aromatic rings. The second kappa shape index (κ2) is 5.61. The van der Waals surface area contributed by atoms with Gasteiger partial charge < -0.3 is 10.0 Å².